The van der Waals surface area contributed by atoms with Gasteiger partial charge >= 0.3 is 0 Å². The number of hydrogen-bond acceptors (Lipinski definition) is 2. The highest BCUT2D eigenvalue weighted by Gasteiger charge is 2.10. The first kappa shape index (κ1) is 16.3. The van der Waals surface area contributed by atoms with Gasteiger partial charge in [0.05, 0.1) is 5.69 Å². The summed E-state index contributed by atoms with van der Waals surface area (Å²) in [6.45, 7) is 1.89. The highest BCUT2D eigenvalue weighted by Crippen LogP contribution is 2.32. The molecule has 0 saturated heterocycles. The lowest BCUT2D eigenvalue weighted by molar-refractivity contribution is -0.118. The summed E-state index contributed by atoms with van der Waals surface area (Å²) in [7, 11) is 0. The van der Waals surface area contributed by atoms with E-state index in [0.29, 0.717) is 16.5 Å². The van der Waals surface area contributed by atoms with Gasteiger partial charge in [0.25, 0.3) is 5.91 Å². The number of carbonyl (C=O) groups excluding carboxylic acids is 1. The molecular formula is C15H12Br2ClNO2. The van der Waals surface area contributed by atoms with Crippen LogP contribution in [0, 0.1) is 6.92 Å². The van der Waals surface area contributed by atoms with Crippen molar-refractivity contribution >= 4 is 55.1 Å². The van der Waals surface area contributed by atoms with E-state index in [1.807, 2.05) is 19.1 Å². The fourth-order valence-electron chi connectivity index (χ4n) is 1.70. The lowest BCUT2D eigenvalue weighted by Crippen LogP contribution is -2.20. The molecule has 6 heteroatoms. The van der Waals surface area contributed by atoms with Crippen LogP contribution in [-0.4, -0.2) is 12.5 Å². The Morgan fingerprint density at radius 3 is 2.52 bits per heavy atom. The molecular weight excluding hydrogens is 421 g/mol. The molecule has 0 saturated carbocycles. The van der Waals surface area contributed by atoms with Crippen LogP contribution in [0.2, 0.25) is 5.02 Å². The van der Waals surface area contributed by atoms with Gasteiger partial charge in [-0.1, -0.05) is 17.7 Å². The largest absolute Gasteiger partial charge is 0.484 e. The van der Waals surface area contributed by atoms with Crippen LogP contribution < -0.4 is 10.1 Å². The van der Waals surface area contributed by atoms with Gasteiger partial charge in [-0.05, 0) is 74.7 Å². The molecule has 0 aliphatic carbocycles. The quantitative estimate of drug-likeness (QED) is 0.721. The maximum atomic E-state index is 11.9. The van der Waals surface area contributed by atoms with Crippen molar-refractivity contribution in [3.8, 4) is 5.75 Å². The Morgan fingerprint density at radius 1 is 1.24 bits per heavy atom. The number of halogens is 3. The molecule has 0 spiro atoms. The van der Waals surface area contributed by atoms with Crippen LogP contribution in [0.4, 0.5) is 5.69 Å². The predicted octanol–water partition coefficient (Wildman–Crippen LogP) is 5.19. The Morgan fingerprint density at radius 2 is 1.90 bits per heavy atom. The molecule has 1 amide bonds. The average molecular weight is 434 g/mol. The van der Waals surface area contributed by atoms with Crippen molar-refractivity contribution < 1.29 is 9.53 Å². The van der Waals surface area contributed by atoms with Crippen molar-refractivity contribution in [2.75, 3.05) is 11.9 Å². The van der Waals surface area contributed by atoms with Crippen LogP contribution in [0.25, 0.3) is 0 Å². The molecule has 0 atom stereocenters. The zero-order chi connectivity index (χ0) is 15.4. The molecule has 3 nitrogen and oxygen atoms in total. The SMILES string of the molecule is Cc1cc(Br)c(NC(=O)COc2cccc(Cl)c2)c(Br)c1. The summed E-state index contributed by atoms with van der Waals surface area (Å²) in [5.74, 6) is 0.305. The summed E-state index contributed by atoms with van der Waals surface area (Å²) in [4.78, 5) is 11.9. The number of anilines is 1. The van der Waals surface area contributed by atoms with Crippen LogP contribution in [-0.2, 0) is 4.79 Å². The predicted molar refractivity (Wildman–Crippen MR) is 92.2 cm³/mol. The van der Waals surface area contributed by atoms with Crippen LogP contribution in [0.15, 0.2) is 45.3 Å². The van der Waals surface area contributed by atoms with Crippen LogP contribution in [0.5, 0.6) is 5.75 Å². The molecule has 110 valence electrons. The highest BCUT2D eigenvalue weighted by atomic mass is 79.9. The van der Waals surface area contributed by atoms with Crippen molar-refractivity contribution in [1.82, 2.24) is 0 Å². The number of hydrogen-bond donors (Lipinski definition) is 1. The number of amides is 1. The van der Waals surface area contributed by atoms with Gasteiger partial charge < -0.3 is 10.1 Å². The molecule has 0 aliphatic heterocycles. The number of nitrogens with one attached hydrogen (secondary N) is 1. The Kier molecular flexibility index (Phi) is 5.67. The molecule has 0 radical (unpaired) electrons. The van der Waals surface area contributed by atoms with E-state index >= 15 is 0 Å². The second-order valence-electron chi connectivity index (χ2n) is 4.40. The van der Waals surface area contributed by atoms with Gasteiger partial charge in [0.15, 0.2) is 6.61 Å². The van der Waals surface area contributed by atoms with Crippen LogP contribution >= 0.6 is 43.5 Å². The van der Waals surface area contributed by atoms with Crippen LogP contribution in [0.1, 0.15) is 5.56 Å². The number of aryl methyl sites for hydroxylation is 1. The summed E-state index contributed by atoms with van der Waals surface area (Å²) >= 11 is 12.7. The van der Waals surface area contributed by atoms with E-state index in [9.17, 15) is 4.79 Å². The second-order valence-corrected chi connectivity index (χ2v) is 6.54. The fraction of sp³-hybridized carbons (Fsp3) is 0.133. The molecule has 2 aromatic rings. The second kappa shape index (κ2) is 7.29. The Bertz CT molecular complexity index is 653. The third-order valence-corrected chi connectivity index (χ3v) is 4.10. The minimum absolute atomic E-state index is 0.0902. The molecule has 2 aromatic carbocycles. The van der Waals surface area contributed by atoms with Crippen molar-refractivity contribution in [3.05, 3.63) is 55.9 Å². The van der Waals surface area contributed by atoms with Gasteiger partial charge in [0.2, 0.25) is 0 Å². The number of rotatable bonds is 4. The maximum absolute atomic E-state index is 11.9. The topological polar surface area (TPSA) is 38.3 Å². The molecule has 0 aromatic heterocycles. The molecule has 21 heavy (non-hydrogen) atoms. The van der Waals surface area contributed by atoms with E-state index in [1.165, 1.54) is 0 Å². The van der Waals surface area contributed by atoms with E-state index in [4.69, 9.17) is 16.3 Å². The average Bonchev–Trinajstić information content (AvgIpc) is 2.40. The first-order valence-electron chi connectivity index (χ1n) is 6.09. The van der Waals surface area contributed by atoms with E-state index in [2.05, 4.69) is 37.2 Å². The molecule has 0 fully saturated rings. The minimum atomic E-state index is -0.250. The maximum Gasteiger partial charge on any atom is 0.262 e. The molecule has 0 heterocycles. The number of carbonyl (C=O) groups is 1. The first-order valence-corrected chi connectivity index (χ1v) is 8.06. The Balaban J connectivity index is 1.99. The van der Waals surface area contributed by atoms with Crippen molar-refractivity contribution in [2.45, 2.75) is 6.92 Å². The summed E-state index contributed by atoms with van der Waals surface area (Å²) in [5.41, 5.74) is 1.77. The Labute approximate surface area is 144 Å². The molecule has 0 aliphatic rings. The number of benzene rings is 2. The lowest BCUT2D eigenvalue weighted by atomic mass is 10.2. The van der Waals surface area contributed by atoms with Gasteiger partial charge in [-0.3, -0.25) is 4.79 Å². The van der Waals surface area contributed by atoms with Crippen LogP contribution in [0.3, 0.4) is 0 Å². The van der Waals surface area contributed by atoms with E-state index in [0.717, 1.165) is 14.5 Å². The van der Waals surface area contributed by atoms with Crippen molar-refractivity contribution in [1.29, 1.82) is 0 Å². The monoisotopic (exact) mass is 431 g/mol. The van der Waals surface area contributed by atoms with Gasteiger partial charge in [-0.15, -0.1) is 0 Å². The third-order valence-electron chi connectivity index (χ3n) is 2.62. The van der Waals surface area contributed by atoms with Crippen molar-refractivity contribution in [2.24, 2.45) is 0 Å². The summed E-state index contributed by atoms with van der Waals surface area (Å²) in [5, 5.41) is 3.37. The van der Waals surface area contributed by atoms with Gasteiger partial charge in [-0.25, -0.2) is 0 Å². The number of ether oxygens (including phenoxy) is 1. The van der Waals surface area contributed by atoms with Gasteiger partial charge in [0.1, 0.15) is 5.75 Å². The molecule has 0 unspecified atom stereocenters. The normalized spacial score (nSPS) is 10.3. The van der Waals surface area contributed by atoms with E-state index in [-0.39, 0.29) is 12.5 Å². The highest BCUT2D eigenvalue weighted by molar-refractivity contribution is 9.11. The van der Waals surface area contributed by atoms with Gasteiger partial charge in [0, 0.05) is 14.0 Å². The summed E-state index contributed by atoms with van der Waals surface area (Å²) < 4.78 is 7.02. The smallest absolute Gasteiger partial charge is 0.262 e. The Hall–Kier alpha value is -1.04. The first-order chi connectivity index (χ1) is 9.95. The molecule has 2 rings (SSSR count). The summed E-state index contributed by atoms with van der Waals surface area (Å²) in [6.07, 6.45) is 0. The zero-order valence-electron chi connectivity index (χ0n) is 11.1. The third kappa shape index (κ3) is 4.73. The van der Waals surface area contributed by atoms with Crippen molar-refractivity contribution in [3.63, 3.8) is 0 Å². The van der Waals surface area contributed by atoms with E-state index in [1.54, 1.807) is 24.3 Å². The fourth-order valence-corrected chi connectivity index (χ4v) is 3.49. The standard InChI is InChI=1S/C15H12Br2ClNO2/c1-9-5-12(16)15(13(17)6-9)19-14(20)8-21-11-4-2-3-10(18)7-11/h2-7H,8H2,1H3,(H,19,20). The minimum Gasteiger partial charge on any atom is -0.484 e. The summed E-state index contributed by atoms with van der Waals surface area (Å²) in [6, 6.07) is 10.8. The lowest BCUT2D eigenvalue weighted by Gasteiger charge is -2.11. The molecule has 1 N–H and O–H groups in total. The zero-order valence-corrected chi connectivity index (χ0v) is 15.0. The molecule has 0 bridgehead atoms. The van der Waals surface area contributed by atoms with Gasteiger partial charge in [-0.2, -0.15) is 0 Å². The van der Waals surface area contributed by atoms with E-state index < -0.39 is 0 Å².